The van der Waals surface area contributed by atoms with E-state index >= 15 is 0 Å². The summed E-state index contributed by atoms with van der Waals surface area (Å²) >= 11 is 0. The Labute approximate surface area is 128 Å². The molecule has 112 valence electrons. The molecule has 2 aromatic carbocycles. The van der Waals surface area contributed by atoms with Gasteiger partial charge in [0, 0.05) is 18.8 Å². The van der Waals surface area contributed by atoms with Gasteiger partial charge in [0.2, 0.25) is 0 Å². The fraction of sp³-hybridized carbons (Fsp3) is 0.368. The smallest absolute Gasteiger partial charge is 0.0429 e. The molecule has 2 rings (SSSR count). The average molecular weight is 282 g/mol. The van der Waals surface area contributed by atoms with E-state index in [2.05, 4.69) is 72.6 Å². The zero-order valence-electron chi connectivity index (χ0n) is 13.4. The Balaban J connectivity index is 2.07. The van der Waals surface area contributed by atoms with E-state index in [0.29, 0.717) is 0 Å². The predicted molar refractivity (Wildman–Crippen MR) is 92.0 cm³/mol. The van der Waals surface area contributed by atoms with E-state index in [9.17, 15) is 0 Å². The largest absolute Gasteiger partial charge is 0.367 e. The van der Waals surface area contributed by atoms with Gasteiger partial charge in [0.1, 0.15) is 0 Å². The minimum atomic E-state index is 0.966. The van der Waals surface area contributed by atoms with Crippen molar-refractivity contribution in [3.8, 4) is 0 Å². The van der Waals surface area contributed by atoms with Gasteiger partial charge in [-0.15, -0.1) is 0 Å². The highest BCUT2D eigenvalue weighted by molar-refractivity contribution is 5.53. The molecular weight excluding hydrogens is 256 g/mol. The maximum absolute atomic E-state index is 3.19. The van der Waals surface area contributed by atoms with Gasteiger partial charge in [0.05, 0.1) is 0 Å². The second-order valence-corrected chi connectivity index (χ2v) is 5.47. The van der Waals surface area contributed by atoms with E-state index < -0.39 is 0 Å². The Bertz CT molecular complexity index is 546. The molecule has 0 heterocycles. The first-order valence-corrected chi connectivity index (χ1v) is 7.77. The van der Waals surface area contributed by atoms with Crippen molar-refractivity contribution in [1.82, 2.24) is 5.32 Å². The van der Waals surface area contributed by atoms with Gasteiger partial charge in [-0.25, -0.2) is 0 Å². The van der Waals surface area contributed by atoms with E-state index in [0.717, 1.165) is 26.1 Å². The highest BCUT2D eigenvalue weighted by Crippen LogP contribution is 2.21. The molecule has 0 fully saturated rings. The first kappa shape index (κ1) is 15.6. The maximum Gasteiger partial charge on any atom is 0.0429 e. The van der Waals surface area contributed by atoms with Crippen LogP contribution in [-0.2, 0) is 13.0 Å². The number of rotatable bonds is 7. The van der Waals surface area contributed by atoms with Crippen molar-refractivity contribution in [3.05, 3.63) is 65.2 Å². The zero-order valence-corrected chi connectivity index (χ0v) is 13.4. The van der Waals surface area contributed by atoms with Gasteiger partial charge in [0.15, 0.2) is 0 Å². The van der Waals surface area contributed by atoms with Gasteiger partial charge in [-0.1, -0.05) is 42.5 Å². The van der Waals surface area contributed by atoms with Crippen LogP contribution >= 0.6 is 0 Å². The van der Waals surface area contributed by atoms with Crippen molar-refractivity contribution in [3.63, 3.8) is 0 Å². The SMILES string of the molecule is CCN(Cc1ccc(CCNC)cc1)c1ccccc1C. The van der Waals surface area contributed by atoms with Crippen molar-refractivity contribution in [2.45, 2.75) is 26.8 Å². The lowest BCUT2D eigenvalue weighted by Crippen LogP contribution is -2.22. The third-order valence-electron chi connectivity index (χ3n) is 3.90. The number of para-hydroxylation sites is 1. The highest BCUT2D eigenvalue weighted by Gasteiger charge is 2.07. The van der Waals surface area contributed by atoms with Gasteiger partial charge >= 0.3 is 0 Å². The van der Waals surface area contributed by atoms with E-state index in [1.54, 1.807) is 0 Å². The molecule has 0 radical (unpaired) electrons. The number of nitrogens with zero attached hydrogens (tertiary/aromatic N) is 1. The molecule has 2 aromatic rings. The summed E-state index contributed by atoms with van der Waals surface area (Å²) in [4.78, 5) is 2.43. The molecule has 2 nitrogen and oxygen atoms in total. The summed E-state index contributed by atoms with van der Waals surface area (Å²) in [5.74, 6) is 0. The van der Waals surface area contributed by atoms with Crippen molar-refractivity contribution in [1.29, 1.82) is 0 Å². The minimum absolute atomic E-state index is 0.966. The Kier molecular flexibility index (Phi) is 5.82. The number of hydrogen-bond acceptors (Lipinski definition) is 2. The molecule has 21 heavy (non-hydrogen) atoms. The number of nitrogens with one attached hydrogen (secondary N) is 1. The van der Waals surface area contributed by atoms with Gasteiger partial charge < -0.3 is 10.2 Å². The van der Waals surface area contributed by atoms with Crippen LogP contribution in [0.2, 0.25) is 0 Å². The second kappa shape index (κ2) is 7.84. The molecule has 1 N–H and O–H groups in total. The molecule has 0 saturated heterocycles. The quantitative estimate of drug-likeness (QED) is 0.831. The number of aryl methyl sites for hydroxylation is 1. The number of likely N-dealkylation sites (N-methyl/N-ethyl adjacent to an activating group) is 1. The van der Waals surface area contributed by atoms with Crippen LogP contribution in [0, 0.1) is 6.92 Å². The lowest BCUT2D eigenvalue weighted by atomic mass is 10.1. The molecule has 0 unspecified atom stereocenters. The van der Waals surface area contributed by atoms with Crippen LogP contribution in [0.3, 0.4) is 0 Å². The molecule has 0 amide bonds. The van der Waals surface area contributed by atoms with Crippen LogP contribution in [0.4, 0.5) is 5.69 Å². The highest BCUT2D eigenvalue weighted by atomic mass is 15.1. The van der Waals surface area contributed by atoms with Crippen LogP contribution in [-0.4, -0.2) is 20.1 Å². The topological polar surface area (TPSA) is 15.3 Å². The molecule has 0 aromatic heterocycles. The fourth-order valence-corrected chi connectivity index (χ4v) is 2.59. The Morgan fingerprint density at radius 2 is 1.62 bits per heavy atom. The van der Waals surface area contributed by atoms with E-state index in [-0.39, 0.29) is 0 Å². The lowest BCUT2D eigenvalue weighted by Gasteiger charge is -2.25. The van der Waals surface area contributed by atoms with Crippen molar-refractivity contribution < 1.29 is 0 Å². The summed E-state index contributed by atoms with van der Waals surface area (Å²) in [6.07, 6.45) is 1.09. The summed E-state index contributed by atoms with van der Waals surface area (Å²) in [7, 11) is 2.00. The zero-order chi connectivity index (χ0) is 15.1. The van der Waals surface area contributed by atoms with Crippen LogP contribution in [0.5, 0.6) is 0 Å². The van der Waals surface area contributed by atoms with E-state index in [1.807, 2.05) is 7.05 Å². The molecule has 0 saturated carbocycles. The number of hydrogen-bond donors (Lipinski definition) is 1. The van der Waals surface area contributed by atoms with Crippen LogP contribution in [0.15, 0.2) is 48.5 Å². The van der Waals surface area contributed by atoms with E-state index in [4.69, 9.17) is 0 Å². The minimum Gasteiger partial charge on any atom is -0.367 e. The first-order valence-electron chi connectivity index (χ1n) is 7.77. The molecule has 2 heteroatoms. The lowest BCUT2D eigenvalue weighted by molar-refractivity contribution is 0.790. The van der Waals surface area contributed by atoms with Gasteiger partial charge in [-0.05, 0) is 56.6 Å². The van der Waals surface area contributed by atoms with Gasteiger partial charge in [0.25, 0.3) is 0 Å². The molecule has 0 atom stereocenters. The molecule has 0 bridgehead atoms. The predicted octanol–water partition coefficient (Wildman–Crippen LogP) is 3.78. The standard InChI is InChI=1S/C19H26N2/c1-4-21(19-8-6-5-7-16(19)2)15-18-11-9-17(10-12-18)13-14-20-3/h5-12,20H,4,13-15H2,1-3H3. The summed E-state index contributed by atoms with van der Waals surface area (Å²) in [5, 5.41) is 3.19. The third kappa shape index (κ3) is 4.33. The molecule has 0 aliphatic carbocycles. The summed E-state index contributed by atoms with van der Waals surface area (Å²) < 4.78 is 0. The fourth-order valence-electron chi connectivity index (χ4n) is 2.59. The van der Waals surface area contributed by atoms with Gasteiger partial charge in [-0.3, -0.25) is 0 Å². The Hall–Kier alpha value is -1.80. The van der Waals surface area contributed by atoms with Gasteiger partial charge in [-0.2, -0.15) is 0 Å². The molecule has 0 spiro atoms. The molecule has 0 aliphatic rings. The summed E-state index contributed by atoms with van der Waals surface area (Å²) in [6, 6.07) is 17.6. The third-order valence-corrected chi connectivity index (χ3v) is 3.90. The average Bonchev–Trinajstić information content (AvgIpc) is 2.52. The number of benzene rings is 2. The number of anilines is 1. The van der Waals surface area contributed by atoms with Crippen molar-refractivity contribution in [2.24, 2.45) is 0 Å². The van der Waals surface area contributed by atoms with Crippen LogP contribution < -0.4 is 10.2 Å². The van der Waals surface area contributed by atoms with Crippen molar-refractivity contribution >= 4 is 5.69 Å². The van der Waals surface area contributed by atoms with Crippen LogP contribution in [0.25, 0.3) is 0 Å². The van der Waals surface area contributed by atoms with E-state index in [1.165, 1.54) is 22.4 Å². The Morgan fingerprint density at radius 1 is 0.952 bits per heavy atom. The molecule has 0 aliphatic heterocycles. The van der Waals surface area contributed by atoms with Crippen molar-refractivity contribution in [2.75, 3.05) is 25.0 Å². The van der Waals surface area contributed by atoms with Crippen LogP contribution in [0.1, 0.15) is 23.6 Å². The molecular formula is C19H26N2. The Morgan fingerprint density at radius 3 is 2.24 bits per heavy atom. The first-order chi connectivity index (χ1) is 10.2. The monoisotopic (exact) mass is 282 g/mol. The normalized spacial score (nSPS) is 10.6. The summed E-state index contributed by atoms with van der Waals surface area (Å²) in [5.41, 5.74) is 5.43. The second-order valence-electron chi connectivity index (χ2n) is 5.47. The maximum atomic E-state index is 3.19. The summed E-state index contributed by atoms with van der Waals surface area (Å²) in [6.45, 7) is 7.41.